The highest BCUT2D eigenvalue weighted by molar-refractivity contribution is 5.72. The molecule has 0 saturated heterocycles. The van der Waals surface area contributed by atoms with E-state index in [0.29, 0.717) is 12.3 Å². The number of carboxylic acid groups (broad SMARTS) is 2. The predicted octanol–water partition coefficient (Wildman–Crippen LogP) is -0.136. The van der Waals surface area contributed by atoms with Crippen molar-refractivity contribution in [2.45, 2.75) is 32.7 Å². The van der Waals surface area contributed by atoms with Crippen LogP contribution in [-0.2, 0) is 9.59 Å². The number of rotatable bonds is 5. The molecule has 15 heavy (non-hydrogen) atoms. The van der Waals surface area contributed by atoms with Crippen molar-refractivity contribution in [3.8, 4) is 0 Å². The Hall–Kier alpha value is -1.14. The molecule has 0 rings (SSSR count). The van der Waals surface area contributed by atoms with Gasteiger partial charge < -0.3 is 21.7 Å². The molecule has 6 N–H and O–H groups in total. The van der Waals surface area contributed by atoms with Crippen LogP contribution in [0.5, 0.6) is 0 Å². The van der Waals surface area contributed by atoms with Gasteiger partial charge in [0.2, 0.25) is 0 Å². The van der Waals surface area contributed by atoms with Gasteiger partial charge in [-0.2, -0.15) is 0 Å². The van der Waals surface area contributed by atoms with Crippen LogP contribution in [0.4, 0.5) is 0 Å². The van der Waals surface area contributed by atoms with Gasteiger partial charge in [-0.1, -0.05) is 13.8 Å². The average molecular weight is 220 g/mol. The van der Waals surface area contributed by atoms with E-state index < -0.39 is 18.0 Å². The standard InChI is InChI=1S/C6H13NO2.C3H7NO2/c1-4(2)3-5(7)6(8)9;4-2-1-3(5)6/h4-5H,3,7H2,1-2H3,(H,8,9);1-2,4H2,(H,5,6). The third-order valence-corrected chi connectivity index (χ3v) is 1.40. The molecule has 6 heteroatoms. The lowest BCUT2D eigenvalue weighted by Gasteiger charge is -2.07. The Morgan fingerprint density at radius 3 is 1.80 bits per heavy atom. The summed E-state index contributed by atoms with van der Waals surface area (Å²) in [6, 6.07) is -0.690. The van der Waals surface area contributed by atoms with Crippen LogP contribution in [0.3, 0.4) is 0 Å². The number of carbonyl (C=O) groups is 2. The molecule has 0 spiro atoms. The van der Waals surface area contributed by atoms with E-state index in [2.05, 4.69) is 0 Å². The Morgan fingerprint density at radius 2 is 1.73 bits per heavy atom. The van der Waals surface area contributed by atoms with Gasteiger partial charge in [0.05, 0.1) is 6.42 Å². The van der Waals surface area contributed by atoms with E-state index in [1.54, 1.807) is 0 Å². The molecule has 0 aliphatic heterocycles. The Balaban J connectivity index is 0. The molecule has 1 unspecified atom stereocenters. The van der Waals surface area contributed by atoms with Crippen LogP contribution in [0, 0.1) is 5.92 Å². The van der Waals surface area contributed by atoms with Crippen LogP contribution >= 0.6 is 0 Å². The molecule has 0 bridgehead atoms. The summed E-state index contributed by atoms with van der Waals surface area (Å²) in [6.07, 6.45) is 0.620. The monoisotopic (exact) mass is 220 g/mol. The van der Waals surface area contributed by atoms with E-state index in [4.69, 9.17) is 21.7 Å². The highest BCUT2D eigenvalue weighted by Crippen LogP contribution is 2.01. The van der Waals surface area contributed by atoms with Crippen LogP contribution in [-0.4, -0.2) is 34.7 Å². The molecule has 0 aromatic heterocycles. The smallest absolute Gasteiger partial charge is 0.320 e. The summed E-state index contributed by atoms with van der Waals surface area (Å²) < 4.78 is 0. The Labute approximate surface area is 89.3 Å². The minimum Gasteiger partial charge on any atom is -0.481 e. The summed E-state index contributed by atoms with van der Waals surface area (Å²) in [6.45, 7) is 4.13. The quantitative estimate of drug-likeness (QED) is 0.511. The normalized spacial score (nSPS) is 11.5. The molecule has 0 saturated carbocycles. The van der Waals surface area contributed by atoms with Crippen molar-refractivity contribution < 1.29 is 19.8 Å². The first-order valence-electron chi connectivity index (χ1n) is 4.71. The fourth-order valence-corrected chi connectivity index (χ4v) is 0.732. The SMILES string of the molecule is CC(C)CC(N)C(=O)O.NCCC(=O)O. The first-order chi connectivity index (χ1) is 6.81. The Kier molecular flexibility index (Phi) is 10.2. The highest BCUT2D eigenvalue weighted by Gasteiger charge is 2.11. The van der Waals surface area contributed by atoms with Crippen molar-refractivity contribution in [1.82, 2.24) is 0 Å². The largest absolute Gasteiger partial charge is 0.481 e. The van der Waals surface area contributed by atoms with Gasteiger partial charge in [-0.3, -0.25) is 9.59 Å². The summed E-state index contributed by atoms with van der Waals surface area (Å²) in [4.78, 5) is 19.6. The topological polar surface area (TPSA) is 127 Å². The molecule has 0 radical (unpaired) electrons. The molecular formula is C9H20N2O4. The van der Waals surface area contributed by atoms with Crippen molar-refractivity contribution in [2.75, 3.05) is 6.54 Å². The van der Waals surface area contributed by atoms with Crippen molar-refractivity contribution >= 4 is 11.9 Å². The van der Waals surface area contributed by atoms with Gasteiger partial charge in [0.25, 0.3) is 0 Å². The van der Waals surface area contributed by atoms with Gasteiger partial charge in [0, 0.05) is 6.54 Å². The Morgan fingerprint density at radius 1 is 1.27 bits per heavy atom. The molecule has 0 fully saturated rings. The van der Waals surface area contributed by atoms with Gasteiger partial charge in [-0.15, -0.1) is 0 Å². The number of carboxylic acids is 2. The molecule has 0 aromatic carbocycles. The van der Waals surface area contributed by atoms with E-state index in [1.165, 1.54) is 0 Å². The molecule has 0 heterocycles. The van der Waals surface area contributed by atoms with E-state index >= 15 is 0 Å². The van der Waals surface area contributed by atoms with Crippen LogP contribution in [0.1, 0.15) is 26.7 Å². The average Bonchev–Trinajstić information content (AvgIpc) is 2.03. The minimum atomic E-state index is -0.913. The van der Waals surface area contributed by atoms with Crippen molar-refractivity contribution in [1.29, 1.82) is 0 Å². The summed E-state index contributed by atoms with van der Waals surface area (Å²) in [5, 5.41) is 16.1. The fourth-order valence-electron chi connectivity index (χ4n) is 0.732. The van der Waals surface area contributed by atoms with E-state index in [9.17, 15) is 9.59 Å². The number of aliphatic carboxylic acids is 2. The lowest BCUT2D eigenvalue weighted by Crippen LogP contribution is -2.31. The van der Waals surface area contributed by atoms with Gasteiger partial charge in [0.1, 0.15) is 6.04 Å². The van der Waals surface area contributed by atoms with Gasteiger partial charge in [-0.25, -0.2) is 0 Å². The summed E-state index contributed by atoms with van der Waals surface area (Å²) in [7, 11) is 0. The lowest BCUT2D eigenvalue weighted by atomic mass is 10.1. The van der Waals surface area contributed by atoms with Crippen LogP contribution < -0.4 is 11.5 Å². The highest BCUT2D eigenvalue weighted by atomic mass is 16.4. The van der Waals surface area contributed by atoms with Crippen molar-refractivity contribution in [3.05, 3.63) is 0 Å². The zero-order valence-corrected chi connectivity index (χ0v) is 9.14. The summed E-state index contributed by atoms with van der Waals surface area (Å²) >= 11 is 0. The maximum atomic E-state index is 10.1. The molecule has 0 aromatic rings. The van der Waals surface area contributed by atoms with Crippen LogP contribution in [0.2, 0.25) is 0 Å². The van der Waals surface area contributed by atoms with E-state index in [0.717, 1.165) is 0 Å². The molecule has 0 aliphatic carbocycles. The molecule has 6 nitrogen and oxygen atoms in total. The van der Waals surface area contributed by atoms with Gasteiger partial charge in [0.15, 0.2) is 0 Å². The fraction of sp³-hybridized carbons (Fsp3) is 0.778. The first kappa shape index (κ1) is 16.3. The summed E-state index contributed by atoms with van der Waals surface area (Å²) in [5.74, 6) is -1.39. The van der Waals surface area contributed by atoms with Crippen LogP contribution in [0.25, 0.3) is 0 Å². The third-order valence-electron chi connectivity index (χ3n) is 1.40. The van der Waals surface area contributed by atoms with Crippen LogP contribution in [0.15, 0.2) is 0 Å². The van der Waals surface area contributed by atoms with Gasteiger partial charge >= 0.3 is 11.9 Å². The number of nitrogens with two attached hydrogens (primary N) is 2. The van der Waals surface area contributed by atoms with E-state index in [-0.39, 0.29) is 13.0 Å². The second-order valence-corrected chi connectivity index (χ2v) is 3.51. The second kappa shape index (κ2) is 9.42. The lowest BCUT2D eigenvalue weighted by molar-refractivity contribution is -0.139. The maximum absolute atomic E-state index is 10.1. The molecule has 0 amide bonds. The van der Waals surface area contributed by atoms with Crippen molar-refractivity contribution in [2.24, 2.45) is 17.4 Å². The third kappa shape index (κ3) is 15.6. The first-order valence-corrected chi connectivity index (χ1v) is 4.71. The zero-order chi connectivity index (χ0) is 12.4. The molecule has 0 aliphatic rings. The predicted molar refractivity (Wildman–Crippen MR) is 56.4 cm³/mol. The molecular weight excluding hydrogens is 200 g/mol. The molecule has 1 atom stereocenters. The molecule has 90 valence electrons. The van der Waals surface area contributed by atoms with Gasteiger partial charge in [-0.05, 0) is 12.3 Å². The second-order valence-electron chi connectivity index (χ2n) is 3.51. The Bertz CT molecular complexity index is 195. The number of hydrogen-bond donors (Lipinski definition) is 4. The van der Waals surface area contributed by atoms with E-state index in [1.807, 2.05) is 13.8 Å². The maximum Gasteiger partial charge on any atom is 0.320 e. The summed E-state index contributed by atoms with van der Waals surface area (Å²) in [5.41, 5.74) is 10.1. The zero-order valence-electron chi connectivity index (χ0n) is 9.14. The number of hydrogen-bond acceptors (Lipinski definition) is 4. The minimum absolute atomic E-state index is 0.0694. The van der Waals surface area contributed by atoms with Crippen molar-refractivity contribution in [3.63, 3.8) is 0 Å².